The summed E-state index contributed by atoms with van der Waals surface area (Å²) in [4.78, 5) is 21.5. The first-order chi connectivity index (χ1) is 8.18. The van der Waals surface area contributed by atoms with E-state index in [4.69, 9.17) is 5.11 Å². The van der Waals surface area contributed by atoms with Crippen LogP contribution in [0.15, 0.2) is 0 Å². The predicted molar refractivity (Wildman–Crippen MR) is 72.2 cm³/mol. The van der Waals surface area contributed by atoms with E-state index in [1.165, 1.54) is 18.6 Å². The van der Waals surface area contributed by atoms with Crippen LogP contribution in [0.2, 0.25) is 0 Å². The van der Waals surface area contributed by atoms with Gasteiger partial charge in [0.1, 0.15) is 0 Å². The fourth-order valence-electron chi connectivity index (χ4n) is 1.62. The van der Waals surface area contributed by atoms with E-state index in [1.54, 1.807) is 0 Å². The molecule has 0 spiro atoms. The zero-order valence-corrected chi connectivity index (χ0v) is 11.4. The normalized spacial score (nSPS) is 19.2. The largest absolute Gasteiger partial charge is 0.481 e. The molecule has 0 aromatic carbocycles. The van der Waals surface area contributed by atoms with Gasteiger partial charge in [-0.25, -0.2) is 0 Å². The van der Waals surface area contributed by atoms with Gasteiger partial charge in [0.05, 0.1) is 6.42 Å². The van der Waals surface area contributed by atoms with Crippen molar-refractivity contribution < 1.29 is 14.7 Å². The van der Waals surface area contributed by atoms with Crippen molar-refractivity contribution in [1.29, 1.82) is 0 Å². The van der Waals surface area contributed by atoms with Crippen molar-refractivity contribution >= 4 is 33.5 Å². The van der Waals surface area contributed by atoms with Crippen molar-refractivity contribution in [3.63, 3.8) is 0 Å². The van der Waals surface area contributed by atoms with Crippen molar-refractivity contribution in [3.8, 4) is 0 Å². The van der Waals surface area contributed by atoms with Crippen LogP contribution in [0.5, 0.6) is 0 Å². The van der Waals surface area contributed by atoms with E-state index in [0.29, 0.717) is 6.42 Å². The van der Waals surface area contributed by atoms with Gasteiger partial charge >= 0.3 is 5.97 Å². The molecular weight excluding hydrogens is 258 g/mol. The molecule has 4 nitrogen and oxygen atoms in total. The molecule has 0 aromatic heterocycles. The van der Waals surface area contributed by atoms with E-state index in [0.717, 1.165) is 18.1 Å². The Morgan fingerprint density at radius 2 is 2.12 bits per heavy atom. The van der Waals surface area contributed by atoms with E-state index in [-0.39, 0.29) is 18.9 Å². The fourth-order valence-corrected chi connectivity index (χ4v) is 4.65. The Bertz CT molecular complexity index is 255. The SMILES string of the molecule is O=C(O)CCNC(=O)CCCC[C@H]1CCSS1. The fraction of sp³-hybridized carbons (Fsp3) is 0.818. The summed E-state index contributed by atoms with van der Waals surface area (Å²) >= 11 is 0. The molecule has 0 bridgehead atoms. The van der Waals surface area contributed by atoms with Crippen molar-refractivity contribution in [1.82, 2.24) is 5.32 Å². The summed E-state index contributed by atoms with van der Waals surface area (Å²) in [5, 5.41) is 11.8. The molecule has 1 atom stereocenters. The highest BCUT2D eigenvalue weighted by Gasteiger charge is 2.15. The molecule has 1 heterocycles. The monoisotopic (exact) mass is 277 g/mol. The molecule has 17 heavy (non-hydrogen) atoms. The maximum Gasteiger partial charge on any atom is 0.305 e. The second kappa shape index (κ2) is 8.69. The number of rotatable bonds is 8. The number of carbonyl (C=O) groups excluding carboxylic acids is 1. The minimum atomic E-state index is -0.874. The first-order valence-corrected chi connectivity index (χ1v) is 8.33. The average Bonchev–Trinajstić information content (AvgIpc) is 2.76. The molecule has 1 saturated heterocycles. The Hall–Kier alpha value is -0.360. The highest BCUT2D eigenvalue weighted by atomic mass is 33.1. The molecule has 2 N–H and O–H groups in total. The summed E-state index contributed by atoms with van der Waals surface area (Å²) in [6, 6.07) is 0. The summed E-state index contributed by atoms with van der Waals surface area (Å²) in [6.07, 6.45) is 5.00. The molecule has 1 aliphatic heterocycles. The molecule has 1 amide bonds. The molecular formula is C11H19NO3S2. The number of hydrogen-bond acceptors (Lipinski definition) is 4. The molecule has 1 rings (SSSR count). The number of amides is 1. The number of unbranched alkanes of at least 4 members (excludes halogenated alkanes) is 1. The third-order valence-corrected chi connectivity index (χ3v) is 5.58. The Morgan fingerprint density at radius 3 is 2.76 bits per heavy atom. The second-order valence-electron chi connectivity index (χ2n) is 4.07. The van der Waals surface area contributed by atoms with E-state index >= 15 is 0 Å². The van der Waals surface area contributed by atoms with Crippen LogP contribution in [-0.2, 0) is 9.59 Å². The van der Waals surface area contributed by atoms with Gasteiger partial charge in [-0.05, 0) is 19.3 Å². The van der Waals surface area contributed by atoms with Gasteiger partial charge in [-0.2, -0.15) is 0 Å². The van der Waals surface area contributed by atoms with Crippen LogP contribution in [0.3, 0.4) is 0 Å². The quantitative estimate of drug-likeness (QED) is 0.526. The summed E-state index contributed by atoms with van der Waals surface area (Å²) in [5.41, 5.74) is 0. The van der Waals surface area contributed by atoms with Crippen LogP contribution in [-0.4, -0.2) is 34.5 Å². The summed E-state index contributed by atoms with van der Waals surface area (Å²) in [7, 11) is 3.91. The molecule has 0 aromatic rings. The standard InChI is InChI=1S/C11H19NO3S2/c13-10(12-7-5-11(14)15)4-2-1-3-9-6-8-16-17-9/h9H,1-8H2,(H,12,13)(H,14,15)/t9-/m0/s1. The van der Waals surface area contributed by atoms with E-state index in [1.807, 2.05) is 21.6 Å². The first-order valence-electron chi connectivity index (χ1n) is 5.95. The van der Waals surface area contributed by atoms with E-state index in [2.05, 4.69) is 5.32 Å². The summed E-state index contributed by atoms with van der Waals surface area (Å²) in [5.74, 6) is 0.353. The first kappa shape index (κ1) is 14.7. The lowest BCUT2D eigenvalue weighted by atomic mass is 10.1. The van der Waals surface area contributed by atoms with Gasteiger partial charge in [0.15, 0.2) is 0 Å². The molecule has 0 saturated carbocycles. The molecule has 0 aliphatic carbocycles. The van der Waals surface area contributed by atoms with Gasteiger partial charge in [0.2, 0.25) is 5.91 Å². The van der Waals surface area contributed by atoms with Gasteiger partial charge in [0.25, 0.3) is 0 Å². The number of aliphatic carboxylic acids is 1. The van der Waals surface area contributed by atoms with Crippen LogP contribution < -0.4 is 5.32 Å². The number of hydrogen-bond donors (Lipinski definition) is 2. The smallest absolute Gasteiger partial charge is 0.305 e. The van der Waals surface area contributed by atoms with Crippen LogP contribution in [0.25, 0.3) is 0 Å². The van der Waals surface area contributed by atoms with Gasteiger partial charge in [0, 0.05) is 24.0 Å². The van der Waals surface area contributed by atoms with Crippen molar-refractivity contribution in [2.45, 2.75) is 43.8 Å². The van der Waals surface area contributed by atoms with Crippen LogP contribution in [0, 0.1) is 0 Å². The molecule has 1 aliphatic rings. The van der Waals surface area contributed by atoms with Crippen LogP contribution in [0.4, 0.5) is 0 Å². The summed E-state index contributed by atoms with van der Waals surface area (Å²) in [6.45, 7) is 0.239. The number of nitrogens with one attached hydrogen (secondary N) is 1. The van der Waals surface area contributed by atoms with Crippen LogP contribution in [0.1, 0.15) is 38.5 Å². The lowest BCUT2D eigenvalue weighted by Crippen LogP contribution is -2.25. The maximum absolute atomic E-state index is 11.3. The lowest BCUT2D eigenvalue weighted by Gasteiger charge is -2.07. The topological polar surface area (TPSA) is 66.4 Å². The Morgan fingerprint density at radius 1 is 1.29 bits per heavy atom. The zero-order valence-electron chi connectivity index (χ0n) is 9.81. The second-order valence-corrected chi connectivity index (χ2v) is 6.86. The highest BCUT2D eigenvalue weighted by molar-refractivity contribution is 8.77. The number of carboxylic acid groups (broad SMARTS) is 1. The molecule has 6 heteroatoms. The third-order valence-electron chi connectivity index (χ3n) is 2.57. The summed E-state index contributed by atoms with van der Waals surface area (Å²) < 4.78 is 0. The Labute approximate surface area is 110 Å². The lowest BCUT2D eigenvalue weighted by molar-refractivity contribution is -0.136. The van der Waals surface area contributed by atoms with E-state index < -0.39 is 5.97 Å². The predicted octanol–water partition coefficient (Wildman–Crippen LogP) is 2.29. The molecule has 1 fully saturated rings. The average molecular weight is 277 g/mol. The number of carbonyl (C=O) groups is 2. The van der Waals surface area contributed by atoms with Crippen molar-refractivity contribution in [3.05, 3.63) is 0 Å². The van der Waals surface area contributed by atoms with Crippen molar-refractivity contribution in [2.75, 3.05) is 12.3 Å². The molecule has 98 valence electrons. The van der Waals surface area contributed by atoms with Gasteiger partial charge in [-0.1, -0.05) is 28.0 Å². The third kappa shape index (κ3) is 7.54. The number of carboxylic acids is 1. The minimum Gasteiger partial charge on any atom is -0.481 e. The van der Waals surface area contributed by atoms with Gasteiger partial charge in [-0.15, -0.1) is 0 Å². The van der Waals surface area contributed by atoms with Gasteiger partial charge < -0.3 is 10.4 Å². The Balaban J connectivity index is 1.90. The zero-order chi connectivity index (χ0) is 12.5. The van der Waals surface area contributed by atoms with E-state index in [9.17, 15) is 9.59 Å². The van der Waals surface area contributed by atoms with Crippen LogP contribution >= 0.6 is 21.6 Å². The minimum absolute atomic E-state index is 0.00166. The maximum atomic E-state index is 11.3. The molecule has 0 radical (unpaired) electrons. The van der Waals surface area contributed by atoms with Gasteiger partial charge in [-0.3, -0.25) is 9.59 Å². The molecule has 0 unspecified atom stereocenters. The highest BCUT2D eigenvalue weighted by Crippen LogP contribution is 2.39. The van der Waals surface area contributed by atoms with Crippen molar-refractivity contribution in [2.24, 2.45) is 0 Å². The Kier molecular flexibility index (Phi) is 7.51.